The standard InChI is InChI=1S/C13H19N5OS/c1-2-4-12(3-1)18-13(15-16-17-18)20-8-6-14-9-11-5-7-19-10-11/h5,7,10,12,14H,1-4,6,8-9H2. The maximum Gasteiger partial charge on any atom is 0.209 e. The molecule has 0 saturated heterocycles. The zero-order valence-corrected chi connectivity index (χ0v) is 12.2. The van der Waals surface area contributed by atoms with Crippen LogP contribution in [0.2, 0.25) is 0 Å². The summed E-state index contributed by atoms with van der Waals surface area (Å²) < 4.78 is 7.04. The van der Waals surface area contributed by atoms with Gasteiger partial charge in [0.05, 0.1) is 18.6 Å². The molecule has 2 aromatic heterocycles. The van der Waals surface area contributed by atoms with Gasteiger partial charge in [0.1, 0.15) is 0 Å². The fourth-order valence-electron chi connectivity index (χ4n) is 2.50. The molecule has 20 heavy (non-hydrogen) atoms. The second-order valence-corrected chi connectivity index (χ2v) is 6.06. The molecule has 1 saturated carbocycles. The van der Waals surface area contributed by atoms with Crippen LogP contribution in [0.4, 0.5) is 0 Å². The Kier molecular flexibility index (Phi) is 4.70. The van der Waals surface area contributed by atoms with E-state index in [-0.39, 0.29) is 0 Å². The second kappa shape index (κ2) is 6.90. The SMILES string of the molecule is c1cc(CNCCSc2nnnn2C2CCCC2)co1. The van der Waals surface area contributed by atoms with E-state index < -0.39 is 0 Å². The van der Waals surface area contributed by atoms with Crippen LogP contribution in [0, 0.1) is 0 Å². The molecule has 2 aromatic rings. The summed E-state index contributed by atoms with van der Waals surface area (Å²) in [5.74, 6) is 0.963. The van der Waals surface area contributed by atoms with Crippen molar-refractivity contribution in [1.29, 1.82) is 0 Å². The van der Waals surface area contributed by atoms with Crippen LogP contribution in [-0.2, 0) is 6.54 Å². The molecule has 0 spiro atoms. The monoisotopic (exact) mass is 293 g/mol. The third-order valence-electron chi connectivity index (χ3n) is 3.55. The Morgan fingerprint density at radius 3 is 3.10 bits per heavy atom. The summed E-state index contributed by atoms with van der Waals surface area (Å²) in [6.07, 6.45) is 8.46. The molecule has 1 N–H and O–H groups in total. The molecule has 0 bridgehead atoms. The van der Waals surface area contributed by atoms with Crippen molar-refractivity contribution < 1.29 is 4.42 Å². The highest BCUT2D eigenvalue weighted by Crippen LogP contribution is 2.31. The highest BCUT2D eigenvalue weighted by atomic mass is 32.2. The molecule has 7 heteroatoms. The van der Waals surface area contributed by atoms with Gasteiger partial charge in [-0.25, -0.2) is 4.68 Å². The average Bonchev–Trinajstić information content (AvgIpc) is 3.20. The first kappa shape index (κ1) is 13.6. The van der Waals surface area contributed by atoms with Crippen molar-refractivity contribution >= 4 is 11.8 Å². The summed E-state index contributed by atoms with van der Waals surface area (Å²) in [4.78, 5) is 0. The van der Waals surface area contributed by atoms with E-state index in [1.54, 1.807) is 24.3 Å². The summed E-state index contributed by atoms with van der Waals surface area (Å²) in [6, 6.07) is 2.48. The molecule has 1 aliphatic carbocycles. The van der Waals surface area contributed by atoms with Crippen LogP contribution < -0.4 is 5.32 Å². The van der Waals surface area contributed by atoms with Gasteiger partial charge in [-0.2, -0.15) is 0 Å². The molecule has 0 radical (unpaired) electrons. The number of hydrogen-bond donors (Lipinski definition) is 1. The summed E-state index contributed by atoms with van der Waals surface area (Å²) in [6.45, 7) is 1.76. The third-order valence-corrected chi connectivity index (χ3v) is 4.49. The lowest BCUT2D eigenvalue weighted by molar-refractivity contribution is 0.423. The van der Waals surface area contributed by atoms with Gasteiger partial charge in [0, 0.05) is 24.4 Å². The fraction of sp³-hybridized carbons (Fsp3) is 0.615. The Bertz CT molecular complexity index is 507. The molecule has 6 nitrogen and oxygen atoms in total. The number of thioether (sulfide) groups is 1. The maximum absolute atomic E-state index is 5.03. The number of furan rings is 1. The smallest absolute Gasteiger partial charge is 0.209 e. The van der Waals surface area contributed by atoms with Gasteiger partial charge in [-0.05, 0) is 29.3 Å². The first-order chi connectivity index (χ1) is 9.93. The molecule has 2 heterocycles. The van der Waals surface area contributed by atoms with Crippen LogP contribution in [0.5, 0.6) is 0 Å². The number of hydrogen-bond acceptors (Lipinski definition) is 6. The van der Waals surface area contributed by atoms with Crippen molar-refractivity contribution in [3.05, 3.63) is 24.2 Å². The summed E-state index contributed by atoms with van der Waals surface area (Å²) in [5, 5.41) is 16.4. The predicted molar refractivity (Wildman–Crippen MR) is 76.5 cm³/mol. The van der Waals surface area contributed by atoms with Gasteiger partial charge in [-0.1, -0.05) is 24.6 Å². The minimum atomic E-state index is 0.506. The quantitative estimate of drug-likeness (QED) is 0.624. The van der Waals surface area contributed by atoms with Crippen LogP contribution in [0.1, 0.15) is 37.3 Å². The van der Waals surface area contributed by atoms with Crippen molar-refractivity contribution in [3.8, 4) is 0 Å². The highest BCUT2D eigenvalue weighted by molar-refractivity contribution is 7.99. The second-order valence-electron chi connectivity index (χ2n) is 5.00. The number of nitrogens with zero attached hydrogens (tertiary/aromatic N) is 4. The Morgan fingerprint density at radius 2 is 2.30 bits per heavy atom. The first-order valence-electron chi connectivity index (χ1n) is 7.06. The van der Waals surface area contributed by atoms with E-state index in [1.807, 2.05) is 10.7 Å². The predicted octanol–water partition coefficient (Wildman–Crippen LogP) is 2.26. The van der Waals surface area contributed by atoms with Crippen LogP contribution in [0.15, 0.2) is 28.2 Å². The van der Waals surface area contributed by atoms with E-state index in [1.165, 1.54) is 31.2 Å². The van der Waals surface area contributed by atoms with Gasteiger partial charge in [-0.3, -0.25) is 0 Å². The number of aromatic nitrogens is 4. The van der Waals surface area contributed by atoms with Crippen molar-refractivity contribution in [2.24, 2.45) is 0 Å². The van der Waals surface area contributed by atoms with Gasteiger partial charge >= 0.3 is 0 Å². The number of rotatable bonds is 7. The van der Waals surface area contributed by atoms with Crippen molar-refractivity contribution in [3.63, 3.8) is 0 Å². The molecule has 0 amide bonds. The van der Waals surface area contributed by atoms with Gasteiger partial charge in [0.15, 0.2) is 0 Å². The van der Waals surface area contributed by atoms with E-state index in [9.17, 15) is 0 Å². The van der Waals surface area contributed by atoms with Crippen LogP contribution >= 0.6 is 11.8 Å². The van der Waals surface area contributed by atoms with Crippen molar-refractivity contribution in [2.45, 2.75) is 43.4 Å². The molecule has 0 unspecified atom stereocenters. The zero-order valence-electron chi connectivity index (χ0n) is 11.4. The number of nitrogens with one attached hydrogen (secondary N) is 1. The van der Waals surface area contributed by atoms with E-state index >= 15 is 0 Å². The van der Waals surface area contributed by atoms with Crippen molar-refractivity contribution in [1.82, 2.24) is 25.5 Å². The van der Waals surface area contributed by atoms with E-state index in [2.05, 4.69) is 20.8 Å². The Hall–Kier alpha value is -1.34. The van der Waals surface area contributed by atoms with E-state index in [4.69, 9.17) is 4.42 Å². The Morgan fingerprint density at radius 1 is 1.40 bits per heavy atom. The highest BCUT2D eigenvalue weighted by Gasteiger charge is 2.21. The van der Waals surface area contributed by atoms with Gasteiger partial charge < -0.3 is 9.73 Å². The molecular formula is C13H19N5OS. The van der Waals surface area contributed by atoms with Crippen LogP contribution in [-0.4, -0.2) is 32.5 Å². The summed E-state index contributed by atoms with van der Waals surface area (Å²) in [5.41, 5.74) is 1.17. The summed E-state index contributed by atoms with van der Waals surface area (Å²) in [7, 11) is 0. The Balaban J connectivity index is 1.41. The molecular weight excluding hydrogens is 274 g/mol. The molecule has 0 aromatic carbocycles. The lowest BCUT2D eigenvalue weighted by Gasteiger charge is -2.10. The van der Waals surface area contributed by atoms with Gasteiger partial charge in [0.2, 0.25) is 5.16 Å². The largest absolute Gasteiger partial charge is 0.472 e. The maximum atomic E-state index is 5.03. The van der Waals surface area contributed by atoms with Crippen molar-refractivity contribution in [2.75, 3.05) is 12.3 Å². The van der Waals surface area contributed by atoms with Gasteiger partial charge in [0.25, 0.3) is 0 Å². The topological polar surface area (TPSA) is 68.8 Å². The molecule has 0 aliphatic heterocycles. The Labute approximate surface area is 122 Å². The minimum Gasteiger partial charge on any atom is -0.472 e. The van der Waals surface area contributed by atoms with Crippen LogP contribution in [0.3, 0.4) is 0 Å². The van der Waals surface area contributed by atoms with Crippen LogP contribution in [0.25, 0.3) is 0 Å². The summed E-state index contributed by atoms with van der Waals surface area (Å²) >= 11 is 1.72. The van der Waals surface area contributed by atoms with Gasteiger partial charge in [-0.15, -0.1) is 5.10 Å². The van der Waals surface area contributed by atoms with E-state index in [0.29, 0.717) is 6.04 Å². The number of tetrazole rings is 1. The zero-order chi connectivity index (χ0) is 13.6. The third kappa shape index (κ3) is 3.40. The lowest BCUT2D eigenvalue weighted by atomic mass is 10.3. The molecule has 1 aliphatic rings. The first-order valence-corrected chi connectivity index (χ1v) is 8.04. The normalized spacial score (nSPS) is 16.0. The fourth-order valence-corrected chi connectivity index (χ4v) is 3.34. The van der Waals surface area contributed by atoms with E-state index in [0.717, 1.165) is 24.0 Å². The molecule has 3 rings (SSSR count). The lowest BCUT2D eigenvalue weighted by Crippen LogP contribution is -2.16. The molecule has 0 atom stereocenters. The molecule has 1 fully saturated rings. The average molecular weight is 293 g/mol. The molecule has 108 valence electrons. The minimum absolute atomic E-state index is 0.506.